The molecule has 4 aromatic rings. The monoisotopic (exact) mass is 297 g/mol. The first-order chi connectivity index (χ1) is 8.84. The Balaban J connectivity index is 2.44. The summed E-state index contributed by atoms with van der Waals surface area (Å²) < 4.78 is 3.16. The minimum atomic E-state index is 0.977. The Morgan fingerprint density at radius 1 is 1.00 bits per heavy atom. The molecule has 0 aliphatic heterocycles. The van der Waals surface area contributed by atoms with Crippen LogP contribution in [0, 0.1) is 0 Å². The van der Waals surface area contributed by atoms with Gasteiger partial charge in [-0.15, -0.1) is 0 Å². The summed E-state index contributed by atoms with van der Waals surface area (Å²) in [5.41, 5.74) is 2.11. The number of pyridine rings is 2. The highest BCUT2D eigenvalue weighted by Crippen LogP contribution is 2.30. The fraction of sp³-hybridized carbons (Fsp3) is 0. The van der Waals surface area contributed by atoms with E-state index < -0.39 is 0 Å². The van der Waals surface area contributed by atoms with E-state index in [1.165, 1.54) is 5.39 Å². The van der Waals surface area contributed by atoms with Crippen LogP contribution in [-0.2, 0) is 0 Å². The number of aromatic nitrogens is 3. The molecular weight excluding hydrogens is 290 g/mol. The van der Waals surface area contributed by atoms with Crippen molar-refractivity contribution in [1.82, 2.24) is 14.4 Å². The minimum absolute atomic E-state index is 0.977. The molecule has 3 aromatic heterocycles. The van der Waals surface area contributed by atoms with Crippen molar-refractivity contribution in [2.24, 2.45) is 0 Å². The molecule has 0 saturated carbocycles. The summed E-state index contributed by atoms with van der Waals surface area (Å²) in [7, 11) is 0. The molecule has 86 valence electrons. The van der Waals surface area contributed by atoms with E-state index in [0.717, 1.165) is 26.4 Å². The van der Waals surface area contributed by atoms with E-state index in [2.05, 4.69) is 42.4 Å². The van der Waals surface area contributed by atoms with Gasteiger partial charge in [0.05, 0.1) is 5.52 Å². The van der Waals surface area contributed by atoms with E-state index in [4.69, 9.17) is 0 Å². The molecule has 0 fully saturated rings. The third-order valence-corrected chi connectivity index (χ3v) is 3.70. The molecular formula is C14H8BrN3. The molecule has 1 aromatic carbocycles. The van der Waals surface area contributed by atoms with Crippen LogP contribution in [0.25, 0.3) is 27.3 Å². The normalized spacial score (nSPS) is 11.6. The van der Waals surface area contributed by atoms with Crippen molar-refractivity contribution in [2.75, 3.05) is 0 Å². The predicted octanol–water partition coefficient (Wildman–Crippen LogP) is 3.80. The van der Waals surface area contributed by atoms with Gasteiger partial charge in [-0.25, -0.2) is 4.98 Å². The second kappa shape index (κ2) is 3.53. The number of nitrogens with zero attached hydrogens (tertiary/aromatic N) is 3. The third kappa shape index (κ3) is 1.24. The fourth-order valence-corrected chi connectivity index (χ4v) is 2.80. The molecule has 0 aliphatic carbocycles. The van der Waals surface area contributed by atoms with E-state index >= 15 is 0 Å². The SMILES string of the molecule is Brc1ccc2c3cnccc3n3ccnc3c2c1. The van der Waals surface area contributed by atoms with Gasteiger partial charge in [0, 0.05) is 40.0 Å². The first kappa shape index (κ1) is 10.0. The maximum absolute atomic E-state index is 4.46. The smallest absolute Gasteiger partial charge is 0.145 e. The van der Waals surface area contributed by atoms with Crippen LogP contribution in [0.2, 0.25) is 0 Å². The molecule has 0 amide bonds. The Hall–Kier alpha value is -1.94. The van der Waals surface area contributed by atoms with Crippen LogP contribution in [0.3, 0.4) is 0 Å². The van der Waals surface area contributed by atoms with Gasteiger partial charge >= 0.3 is 0 Å². The maximum atomic E-state index is 4.46. The number of hydrogen-bond acceptors (Lipinski definition) is 2. The fourth-order valence-electron chi connectivity index (χ4n) is 2.44. The van der Waals surface area contributed by atoms with Gasteiger partial charge in [-0.3, -0.25) is 9.38 Å². The lowest BCUT2D eigenvalue weighted by atomic mass is 10.1. The topological polar surface area (TPSA) is 30.2 Å². The van der Waals surface area contributed by atoms with Crippen LogP contribution in [0.5, 0.6) is 0 Å². The van der Waals surface area contributed by atoms with E-state index in [-0.39, 0.29) is 0 Å². The van der Waals surface area contributed by atoms with Gasteiger partial charge in [0.15, 0.2) is 0 Å². The van der Waals surface area contributed by atoms with Gasteiger partial charge in [0.1, 0.15) is 5.65 Å². The van der Waals surface area contributed by atoms with Crippen LogP contribution in [-0.4, -0.2) is 14.4 Å². The summed E-state index contributed by atoms with van der Waals surface area (Å²) in [6, 6.07) is 8.28. The summed E-state index contributed by atoms with van der Waals surface area (Å²) in [4.78, 5) is 8.69. The lowest BCUT2D eigenvalue weighted by Gasteiger charge is -2.07. The second-order valence-electron chi connectivity index (χ2n) is 4.20. The Morgan fingerprint density at radius 3 is 2.89 bits per heavy atom. The van der Waals surface area contributed by atoms with Gasteiger partial charge in [0.2, 0.25) is 0 Å². The molecule has 0 spiro atoms. The molecule has 18 heavy (non-hydrogen) atoms. The Bertz CT molecular complexity index is 895. The number of rotatable bonds is 0. The third-order valence-electron chi connectivity index (χ3n) is 3.21. The van der Waals surface area contributed by atoms with E-state index in [9.17, 15) is 0 Å². The van der Waals surface area contributed by atoms with Gasteiger partial charge in [-0.1, -0.05) is 22.0 Å². The quantitative estimate of drug-likeness (QED) is 0.462. The molecule has 0 atom stereocenters. The number of benzene rings is 1. The lowest BCUT2D eigenvalue weighted by molar-refractivity contribution is 1.25. The van der Waals surface area contributed by atoms with Crippen LogP contribution >= 0.6 is 15.9 Å². The van der Waals surface area contributed by atoms with Crippen molar-refractivity contribution in [3.63, 3.8) is 0 Å². The molecule has 0 bridgehead atoms. The summed E-state index contributed by atoms with van der Waals surface area (Å²) in [6.45, 7) is 0. The van der Waals surface area contributed by atoms with Crippen molar-refractivity contribution in [2.45, 2.75) is 0 Å². The zero-order valence-corrected chi connectivity index (χ0v) is 10.9. The molecule has 0 radical (unpaired) electrons. The first-order valence-electron chi connectivity index (χ1n) is 5.62. The number of hydrogen-bond donors (Lipinski definition) is 0. The van der Waals surface area contributed by atoms with Crippen molar-refractivity contribution >= 4 is 43.3 Å². The van der Waals surface area contributed by atoms with Crippen molar-refractivity contribution in [3.8, 4) is 0 Å². The van der Waals surface area contributed by atoms with Gasteiger partial charge in [0.25, 0.3) is 0 Å². The number of fused-ring (bicyclic) bond motifs is 6. The van der Waals surface area contributed by atoms with Gasteiger partial charge < -0.3 is 0 Å². The zero-order valence-electron chi connectivity index (χ0n) is 9.34. The molecule has 3 nitrogen and oxygen atoms in total. The maximum Gasteiger partial charge on any atom is 0.145 e. The Morgan fingerprint density at radius 2 is 1.94 bits per heavy atom. The predicted molar refractivity (Wildman–Crippen MR) is 75.7 cm³/mol. The zero-order chi connectivity index (χ0) is 12.1. The van der Waals surface area contributed by atoms with Gasteiger partial charge in [-0.2, -0.15) is 0 Å². The Kier molecular flexibility index (Phi) is 1.96. The standard InChI is InChI=1S/C14H8BrN3/c15-9-1-2-10-11(7-9)14-17-5-6-18(14)13-3-4-16-8-12(10)13/h1-8H. The van der Waals surface area contributed by atoms with E-state index in [0.29, 0.717) is 0 Å². The average molecular weight is 298 g/mol. The first-order valence-corrected chi connectivity index (χ1v) is 6.42. The van der Waals surface area contributed by atoms with Crippen LogP contribution < -0.4 is 0 Å². The van der Waals surface area contributed by atoms with Crippen molar-refractivity contribution < 1.29 is 0 Å². The average Bonchev–Trinajstić information content (AvgIpc) is 2.88. The van der Waals surface area contributed by atoms with E-state index in [1.807, 2.05) is 36.9 Å². The van der Waals surface area contributed by atoms with E-state index in [1.54, 1.807) is 0 Å². The van der Waals surface area contributed by atoms with Gasteiger partial charge in [-0.05, 0) is 23.6 Å². The molecule has 0 saturated heterocycles. The number of imidazole rings is 1. The van der Waals surface area contributed by atoms with Crippen LogP contribution in [0.15, 0.2) is 53.5 Å². The molecule has 3 heterocycles. The minimum Gasteiger partial charge on any atom is -0.299 e. The summed E-state index contributed by atoms with van der Waals surface area (Å²) in [5.74, 6) is 0. The number of halogens is 1. The summed E-state index contributed by atoms with van der Waals surface area (Å²) in [6.07, 6.45) is 7.53. The lowest BCUT2D eigenvalue weighted by Crippen LogP contribution is -1.90. The van der Waals surface area contributed by atoms with Crippen molar-refractivity contribution in [3.05, 3.63) is 53.5 Å². The van der Waals surface area contributed by atoms with Crippen LogP contribution in [0.4, 0.5) is 0 Å². The highest BCUT2D eigenvalue weighted by molar-refractivity contribution is 9.10. The molecule has 4 rings (SSSR count). The molecule has 0 N–H and O–H groups in total. The highest BCUT2D eigenvalue weighted by Gasteiger charge is 2.09. The summed E-state index contributed by atoms with van der Waals surface area (Å²) >= 11 is 3.52. The Labute approximate surface area is 111 Å². The van der Waals surface area contributed by atoms with Crippen LogP contribution in [0.1, 0.15) is 0 Å². The molecule has 0 unspecified atom stereocenters. The molecule has 0 aliphatic rings. The highest BCUT2D eigenvalue weighted by atomic mass is 79.9. The second-order valence-corrected chi connectivity index (χ2v) is 5.12. The van der Waals surface area contributed by atoms with Crippen molar-refractivity contribution in [1.29, 1.82) is 0 Å². The molecule has 4 heteroatoms. The largest absolute Gasteiger partial charge is 0.299 e. The summed E-state index contributed by atoms with van der Waals surface area (Å²) in [5, 5.41) is 3.46.